The summed E-state index contributed by atoms with van der Waals surface area (Å²) >= 11 is 7.75. The number of hydrogen-bond acceptors (Lipinski definition) is 3. The molecule has 2 aromatic rings. The lowest BCUT2D eigenvalue weighted by molar-refractivity contribution is -0.117. The van der Waals surface area contributed by atoms with E-state index in [-0.39, 0.29) is 16.5 Å². The van der Waals surface area contributed by atoms with Gasteiger partial charge in [-0.05, 0) is 48.4 Å². The zero-order valence-electron chi connectivity index (χ0n) is 14.4. The summed E-state index contributed by atoms with van der Waals surface area (Å²) in [5.74, 6) is 1.00. The van der Waals surface area contributed by atoms with Gasteiger partial charge in [0.2, 0.25) is 5.91 Å². The van der Waals surface area contributed by atoms with E-state index in [1.54, 1.807) is 18.9 Å². The van der Waals surface area contributed by atoms with Crippen molar-refractivity contribution in [1.29, 1.82) is 0 Å². The average molecular weight is 376 g/mol. The standard InChI is InChI=1S/C20H22ClNO2S/c1-3-4-5-18-19(23)22(16-10-8-15(21)9-11-16)20(25-18)14-6-12-17(24-2)13-7-14/h6-13,18,20H,3-5H2,1-2H3. The highest BCUT2D eigenvalue weighted by Crippen LogP contribution is 2.47. The molecule has 25 heavy (non-hydrogen) atoms. The lowest BCUT2D eigenvalue weighted by Crippen LogP contribution is -2.31. The minimum atomic E-state index is -0.0264. The van der Waals surface area contributed by atoms with Gasteiger partial charge in [-0.3, -0.25) is 9.69 Å². The van der Waals surface area contributed by atoms with Gasteiger partial charge in [0, 0.05) is 10.7 Å². The Labute approximate surface area is 158 Å². The van der Waals surface area contributed by atoms with Crippen molar-refractivity contribution in [2.45, 2.75) is 36.8 Å². The van der Waals surface area contributed by atoms with Crippen LogP contribution in [-0.4, -0.2) is 18.3 Å². The molecule has 1 heterocycles. The van der Waals surface area contributed by atoms with Gasteiger partial charge >= 0.3 is 0 Å². The van der Waals surface area contributed by atoms with Crippen LogP contribution in [-0.2, 0) is 4.79 Å². The van der Waals surface area contributed by atoms with Gasteiger partial charge in [0.15, 0.2) is 0 Å². The number of carbonyl (C=O) groups is 1. The van der Waals surface area contributed by atoms with Crippen molar-refractivity contribution in [2.24, 2.45) is 0 Å². The molecule has 0 radical (unpaired) electrons. The topological polar surface area (TPSA) is 29.5 Å². The summed E-state index contributed by atoms with van der Waals surface area (Å²) in [6, 6.07) is 15.5. The van der Waals surface area contributed by atoms with Crippen molar-refractivity contribution in [3.63, 3.8) is 0 Å². The number of amides is 1. The fourth-order valence-corrected chi connectivity index (χ4v) is 4.62. The van der Waals surface area contributed by atoms with E-state index < -0.39 is 0 Å². The Morgan fingerprint density at radius 3 is 2.40 bits per heavy atom. The van der Waals surface area contributed by atoms with E-state index in [9.17, 15) is 4.79 Å². The molecular weight excluding hydrogens is 354 g/mol. The lowest BCUT2D eigenvalue weighted by atomic mass is 10.1. The molecule has 0 N–H and O–H groups in total. The predicted octanol–water partition coefficient (Wildman–Crippen LogP) is 5.69. The number of benzene rings is 2. The van der Waals surface area contributed by atoms with Crippen molar-refractivity contribution >= 4 is 35.0 Å². The van der Waals surface area contributed by atoms with E-state index in [2.05, 4.69) is 6.92 Å². The van der Waals surface area contributed by atoms with Crippen molar-refractivity contribution in [3.8, 4) is 5.75 Å². The maximum Gasteiger partial charge on any atom is 0.241 e. The van der Waals surface area contributed by atoms with Crippen LogP contribution in [0.1, 0.15) is 37.1 Å². The predicted molar refractivity (Wildman–Crippen MR) is 106 cm³/mol. The monoisotopic (exact) mass is 375 g/mol. The Bertz CT molecular complexity index is 717. The number of methoxy groups -OCH3 is 1. The number of thioether (sulfide) groups is 1. The van der Waals surface area contributed by atoms with Crippen LogP contribution in [0.5, 0.6) is 5.75 Å². The molecule has 0 bridgehead atoms. The zero-order chi connectivity index (χ0) is 17.8. The number of rotatable bonds is 6. The second kappa shape index (κ2) is 8.15. The van der Waals surface area contributed by atoms with Crippen LogP contribution in [0, 0.1) is 0 Å². The normalized spacial score (nSPS) is 20.1. The van der Waals surface area contributed by atoms with Gasteiger partial charge in [0.05, 0.1) is 12.4 Å². The first kappa shape index (κ1) is 18.2. The smallest absolute Gasteiger partial charge is 0.241 e. The third-order valence-electron chi connectivity index (χ3n) is 4.37. The quantitative estimate of drug-likeness (QED) is 0.649. The Hall–Kier alpha value is -1.65. The SMILES string of the molecule is CCCCC1SC(c2ccc(OC)cc2)N(c2ccc(Cl)cc2)C1=O. The lowest BCUT2D eigenvalue weighted by Gasteiger charge is -2.24. The van der Waals surface area contributed by atoms with E-state index in [1.165, 1.54) is 0 Å². The van der Waals surface area contributed by atoms with Crippen LogP contribution >= 0.6 is 23.4 Å². The van der Waals surface area contributed by atoms with E-state index in [4.69, 9.17) is 16.3 Å². The second-order valence-electron chi connectivity index (χ2n) is 6.08. The first-order valence-electron chi connectivity index (χ1n) is 8.52. The highest BCUT2D eigenvalue weighted by Gasteiger charge is 2.41. The third kappa shape index (κ3) is 3.96. The first-order valence-corrected chi connectivity index (χ1v) is 9.84. The Morgan fingerprint density at radius 1 is 1.12 bits per heavy atom. The van der Waals surface area contributed by atoms with Crippen molar-refractivity contribution in [1.82, 2.24) is 0 Å². The van der Waals surface area contributed by atoms with Crippen LogP contribution in [0.15, 0.2) is 48.5 Å². The fraction of sp³-hybridized carbons (Fsp3) is 0.350. The van der Waals surface area contributed by atoms with Crippen LogP contribution in [0.25, 0.3) is 0 Å². The van der Waals surface area contributed by atoms with Crippen LogP contribution in [0.3, 0.4) is 0 Å². The third-order valence-corrected chi connectivity index (χ3v) is 6.12. The van der Waals surface area contributed by atoms with Gasteiger partial charge < -0.3 is 4.74 Å². The molecule has 1 aliphatic rings. The molecule has 0 saturated carbocycles. The first-order chi connectivity index (χ1) is 12.1. The summed E-state index contributed by atoms with van der Waals surface area (Å²) < 4.78 is 5.25. The molecule has 0 spiro atoms. The molecular formula is C20H22ClNO2S. The summed E-state index contributed by atoms with van der Waals surface area (Å²) in [6.07, 6.45) is 3.07. The molecule has 2 aromatic carbocycles. The number of hydrogen-bond donors (Lipinski definition) is 0. The van der Waals surface area contributed by atoms with Gasteiger partial charge in [0.1, 0.15) is 11.1 Å². The van der Waals surface area contributed by atoms with E-state index in [0.717, 1.165) is 36.3 Å². The van der Waals surface area contributed by atoms with Crippen LogP contribution < -0.4 is 9.64 Å². The van der Waals surface area contributed by atoms with Gasteiger partial charge in [0.25, 0.3) is 0 Å². The maximum absolute atomic E-state index is 13.1. The fourth-order valence-electron chi connectivity index (χ4n) is 2.99. The van der Waals surface area contributed by atoms with Gasteiger partial charge in [-0.1, -0.05) is 43.5 Å². The summed E-state index contributed by atoms with van der Waals surface area (Å²) in [7, 11) is 1.66. The Morgan fingerprint density at radius 2 is 1.80 bits per heavy atom. The Balaban J connectivity index is 1.93. The maximum atomic E-state index is 13.1. The molecule has 1 aliphatic heterocycles. The number of nitrogens with zero attached hydrogens (tertiary/aromatic N) is 1. The van der Waals surface area contributed by atoms with Gasteiger partial charge in [-0.2, -0.15) is 0 Å². The highest BCUT2D eigenvalue weighted by molar-refractivity contribution is 8.01. The van der Waals surface area contributed by atoms with Crippen molar-refractivity contribution < 1.29 is 9.53 Å². The van der Waals surface area contributed by atoms with Gasteiger partial charge in [-0.25, -0.2) is 0 Å². The number of ether oxygens (including phenoxy) is 1. The molecule has 2 unspecified atom stereocenters. The molecule has 1 saturated heterocycles. The minimum Gasteiger partial charge on any atom is -0.497 e. The van der Waals surface area contributed by atoms with Crippen LogP contribution in [0.4, 0.5) is 5.69 Å². The molecule has 3 nitrogen and oxygen atoms in total. The minimum absolute atomic E-state index is 0.00253. The number of unbranched alkanes of at least 4 members (excludes halogenated alkanes) is 1. The second-order valence-corrected chi connectivity index (χ2v) is 7.80. The number of halogens is 1. The largest absolute Gasteiger partial charge is 0.497 e. The molecule has 2 atom stereocenters. The van der Waals surface area contributed by atoms with E-state index in [0.29, 0.717) is 5.02 Å². The van der Waals surface area contributed by atoms with Crippen molar-refractivity contribution in [2.75, 3.05) is 12.0 Å². The van der Waals surface area contributed by atoms with E-state index >= 15 is 0 Å². The molecule has 132 valence electrons. The molecule has 0 aliphatic carbocycles. The summed E-state index contributed by atoms with van der Waals surface area (Å²) in [6.45, 7) is 2.15. The van der Waals surface area contributed by atoms with Crippen LogP contribution in [0.2, 0.25) is 5.02 Å². The number of anilines is 1. The molecule has 1 fully saturated rings. The van der Waals surface area contributed by atoms with Gasteiger partial charge in [-0.15, -0.1) is 11.8 Å². The highest BCUT2D eigenvalue weighted by atomic mass is 35.5. The molecule has 0 aromatic heterocycles. The summed E-state index contributed by atoms with van der Waals surface area (Å²) in [5.41, 5.74) is 2.00. The Kier molecular flexibility index (Phi) is 5.92. The number of carbonyl (C=O) groups excluding carboxylic acids is 1. The average Bonchev–Trinajstić information content (AvgIpc) is 2.97. The van der Waals surface area contributed by atoms with Crippen molar-refractivity contribution in [3.05, 3.63) is 59.1 Å². The molecule has 3 rings (SSSR count). The van der Waals surface area contributed by atoms with E-state index in [1.807, 2.05) is 53.4 Å². The summed E-state index contributed by atoms with van der Waals surface area (Å²) in [5, 5.41) is 0.649. The molecule has 5 heteroatoms. The molecule has 1 amide bonds. The zero-order valence-corrected chi connectivity index (χ0v) is 16.0. The summed E-state index contributed by atoms with van der Waals surface area (Å²) in [4.78, 5) is 15.0.